The van der Waals surface area contributed by atoms with Gasteiger partial charge in [-0.15, -0.1) is 0 Å². The van der Waals surface area contributed by atoms with Crippen molar-refractivity contribution in [3.05, 3.63) is 11.6 Å². The second kappa shape index (κ2) is 0.451. The third kappa shape index (κ3) is 0.109. The molecule has 0 aromatic heterocycles. The Hall–Kier alpha value is -0.300. The minimum Gasteiger partial charge on any atom is -0.326 e. The first kappa shape index (κ1) is 2.88. The van der Waals surface area contributed by atoms with Gasteiger partial charge in [0.25, 0.3) is 0 Å². The Morgan fingerprint density at radius 3 is 2.71 bits per heavy atom. The molecule has 0 radical (unpaired) electrons. The Kier molecular flexibility index (Phi) is 0.185. The van der Waals surface area contributed by atoms with E-state index in [0.29, 0.717) is 11.5 Å². The summed E-state index contributed by atoms with van der Waals surface area (Å²) in [5, 5.41) is 0. The van der Waals surface area contributed by atoms with E-state index in [0.717, 1.165) is 5.92 Å². The van der Waals surface area contributed by atoms with Crippen LogP contribution >= 0.6 is 0 Å². The second-order valence-electron chi connectivity index (χ2n) is 2.94. The highest BCUT2D eigenvalue weighted by molar-refractivity contribution is 5.61. The fraction of sp³-hybridized carbons (Fsp3) is 0.667. The molecule has 3 aliphatic rings. The first-order valence-corrected chi connectivity index (χ1v) is 2.83. The highest BCUT2D eigenvalue weighted by atomic mass is 15.0. The van der Waals surface area contributed by atoms with Gasteiger partial charge in [0, 0.05) is 11.5 Å². The van der Waals surface area contributed by atoms with Crippen LogP contribution in [0.5, 0.6) is 0 Å². The maximum atomic E-state index is 5.70. The molecule has 0 bridgehead atoms. The number of hydrogen-bond donors (Lipinski definition) is 1. The van der Waals surface area contributed by atoms with E-state index >= 15 is 0 Å². The lowest BCUT2D eigenvalue weighted by Gasteiger charge is -2.03. The summed E-state index contributed by atoms with van der Waals surface area (Å²) in [6.07, 6.45) is 3.68. The first-order chi connectivity index (χ1) is 3.36. The van der Waals surface area contributed by atoms with E-state index in [1.54, 1.807) is 5.57 Å². The van der Waals surface area contributed by atoms with Gasteiger partial charge in [0.15, 0.2) is 0 Å². The summed E-state index contributed by atoms with van der Waals surface area (Å²) in [6.45, 7) is 0. The van der Waals surface area contributed by atoms with Crippen molar-refractivity contribution >= 4 is 0 Å². The van der Waals surface area contributed by atoms with Crippen molar-refractivity contribution in [2.24, 2.45) is 17.1 Å². The Morgan fingerprint density at radius 1 is 1.86 bits per heavy atom. The van der Waals surface area contributed by atoms with Crippen molar-refractivity contribution in [2.45, 2.75) is 12.5 Å². The van der Waals surface area contributed by atoms with Crippen LogP contribution in [-0.4, -0.2) is 6.04 Å². The lowest BCUT2D eigenvalue weighted by atomic mass is 10.00. The van der Waals surface area contributed by atoms with Gasteiger partial charge in [0.1, 0.15) is 0 Å². The topological polar surface area (TPSA) is 26.0 Å². The molecule has 0 aromatic rings. The number of nitrogens with two attached hydrogens (primary N) is 1. The average molecular weight is 93.1 g/mol. The first-order valence-electron chi connectivity index (χ1n) is 2.83. The summed E-state index contributed by atoms with van der Waals surface area (Å²) in [4.78, 5) is 0. The van der Waals surface area contributed by atoms with Gasteiger partial charge in [-0.05, 0) is 12.3 Å². The molecule has 3 rings (SSSR count). The van der Waals surface area contributed by atoms with Crippen LogP contribution in [-0.2, 0) is 0 Å². The van der Waals surface area contributed by atoms with Gasteiger partial charge in [-0.25, -0.2) is 0 Å². The minimum atomic E-state index is 0.558. The van der Waals surface area contributed by atoms with Gasteiger partial charge in [-0.2, -0.15) is 0 Å². The normalized spacial score (nSPS) is 69.6. The predicted molar refractivity (Wildman–Crippen MR) is 26.6 cm³/mol. The van der Waals surface area contributed by atoms with Gasteiger partial charge in [-0.1, -0.05) is 11.6 Å². The lowest BCUT2D eigenvalue weighted by molar-refractivity contribution is 0.618. The Morgan fingerprint density at radius 2 is 2.71 bits per heavy atom. The average Bonchev–Trinajstić information content (AvgIpc) is 2.26. The summed E-state index contributed by atoms with van der Waals surface area (Å²) in [5.74, 6) is 0.905. The van der Waals surface area contributed by atoms with Crippen LogP contribution in [0.25, 0.3) is 0 Å². The zero-order valence-electron chi connectivity index (χ0n) is 4.02. The lowest BCUT2D eigenvalue weighted by Crippen LogP contribution is -2.01. The van der Waals surface area contributed by atoms with Crippen LogP contribution in [0.3, 0.4) is 0 Å². The Balaban J connectivity index is 2.18. The molecule has 0 amide bonds. The smallest absolute Gasteiger partial charge is 0.0295 e. The molecule has 2 fully saturated rings. The number of hydrogen-bond acceptors (Lipinski definition) is 1. The molecule has 1 spiro atoms. The van der Waals surface area contributed by atoms with Gasteiger partial charge >= 0.3 is 0 Å². The molecule has 7 heavy (non-hydrogen) atoms. The Labute approximate surface area is 42.2 Å². The highest BCUT2D eigenvalue weighted by Gasteiger charge is 2.78. The molecule has 0 heterocycles. The fourth-order valence-electron chi connectivity index (χ4n) is 2.06. The maximum Gasteiger partial charge on any atom is 0.0295 e. The summed E-state index contributed by atoms with van der Waals surface area (Å²) in [7, 11) is 0. The molecule has 0 aromatic carbocycles. The molecule has 3 aliphatic carbocycles. The molecule has 0 saturated heterocycles. The molecule has 2 N–H and O–H groups in total. The van der Waals surface area contributed by atoms with Crippen molar-refractivity contribution < 1.29 is 0 Å². The molecular weight excluding hydrogens is 86.1 g/mol. The van der Waals surface area contributed by atoms with E-state index in [-0.39, 0.29) is 0 Å². The van der Waals surface area contributed by atoms with Crippen molar-refractivity contribution in [3.63, 3.8) is 0 Å². The van der Waals surface area contributed by atoms with E-state index < -0.39 is 0 Å². The molecule has 2 saturated carbocycles. The molecule has 1 nitrogen and oxygen atoms in total. The molecule has 3 atom stereocenters. The largest absolute Gasteiger partial charge is 0.326 e. The quantitative estimate of drug-likeness (QED) is 0.427. The summed E-state index contributed by atoms with van der Waals surface area (Å²) in [6, 6.07) is 0.558. The van der Waals surface area contributed by atoms with Crippen LogP contribution in [0.15, 0.2) is 11.6 Å². The van der Waals surface area contributed by atoms with Crippen LogP contribution in [0.4, 0.5) is 0 Å². The van der Waals surface area contributed by atoms with Gasteiger partial charge in [-0.3, -0.25) is 0 Å². The zero-order valence-corrected chi connectivity index (χ0v) is 4.02. The standard InChI is InChI=1S/C6H7N/c7-5-4-1-3-2-6(3,4)5/h2,4-5H,1,7H2/t4?,5?,6-/m0/s1. The molecule has 1 heteroatoms. The summed E-state index contributed by atoms with van der Waals surface area (Å²) < 4.78 is 0. The summed E-state index contributed by atoms with van der Waals surface area (Å²) in [5.41, 5.74) is 7.94. The number of rotatable bonds is 0. The highest BCUT2D eigenvalue weighted by Crippen LogP contribution is 2.80. The SMILES string of the molecule is NC1C2CC3=C[C@@]312. The minimum absolute atomic E-state index is 0.558. The fourth-order valence-corrected chi connectivity index (χ4v) is 2.06. The van der Waals surface area contributed by atoms with E-state index in [1.165, 1.54) is 6.42 Å². The van der Waals surface area contributed by atoms with Crippen LogP contribution in [0.1, 0.15) is 6.42 Å². The third-order valence-corrected chi connectivity index (χ3v) is 2.82. The monoisotopic (exact) mass is 93.1 g/mol. The Bertz CT molecular complexity index is 177. The van der Waals surface area contributed by atoms with E-state index in [9.17, 15) is 0 Å². The predicted octanol–water partition coefficient (Wildman–Crippen LogP) is 0.274. The van der Waals surface area contributed by atoms with Crippen molar-refractivity contribution in [1.82, 2.24) is 0 Å². The van der Waals surface area contributed by atoms with Crippen molar-refractivity contribution in [2.75, 3.05) is 0 Å². The van der Waals surface area contributed by atoms with E-state index in [2.05, 4.69) is 6.08 Å². The molecule has 2 unspecified atom stereocenters. The van der Waals surface area contributed by atoms with Gasteiger partial charge in [0.2, 0.25) is 0 Å². The third-order valence-electron chi connectivity index (χ3n) is 2.82. The summed E-state index contributed by atoms with van der Waals surface area (Å²) >= 11 is 0. The van der Waals surface area contributed by atoms with E-state index in [4.69, 9.17) is 5.73 Å². The van der Waals surface area contributed by atoms with Gasteiger partial charge in [0.05, 0.1) is 0 Å². The zero-order chi connectivity index (χ0) is 4.65. The van der Waals surface area contributed by atoms with Crippen molar-refractivity contribution in [3.8, 4) is 0 Å². The van der Waals surface area contributed by atoms with E-state index in [1.807, 2.05) is 0 Å². The maximum absolute atomic E-state index is 5.70. The van der Waals surface area contributed by atoms with Gasteiger partial charge < -0.3 is 5.73 Å². The molecular formula is C6H7N. The van der Waals surface area contributed by atoms with Crippen LogP contribution in [0.2, 0.25) is 0 Å². The van der Waals surface area contributed by atoms with Crippen molar-refractivity contribution in [1.29, 1.82) is 0 Å². The van der Waals surface area contributed by atoms with Crippen LogP contribution in [0, 0.1) is 11.3 Å². The second-order valence-corrected chi connectivity index (χ2v) is 2.94. The van der Waals surface area contributed by atoms with Crippen LogP contribution < -0.4 is 5.73 Å². The molecule has 36 valence electrons. The molecule has 0 aliphatic heterocycles.